The summed E-state index contributed by atoms with van der Waals surface area (Å²) >= 11 is 12.1. The standard InChI is InChI=1S/C14H9Cl2FN2/c15-8-14-18-11-7-9(17)5-6-13(11)19(14)12-4-2-1-3-10(12)16/h1-7H,8H2. The molecule has 0 amide bonds. The number of benzene rings is 2. The van der Waals surface area contributed by atoms with Gasteiger partial charge in [-0.05, 0) is 24.3 Å². The minimum atomic E-state index is -0.322. The van der Waals surface area contributed by atoms with Gasteiger partial charge in [-0.3, -0.25) is 4.57 Å². The van der Waals surface area contributed by atoms with E-state index in [-0.39, 0.29) is 11.7 Å². The van der Waals surface area contributed by atoms with Crippen LogP contribution in [-0.4, -0.2) is 9.55 Å². The molecule has 0 aliphatic heterocycles. The first-order valence-electron chi connectivity index (χ1n) is 5.68. The van der Waals surface area contributed by atoms with Gasteiger partial charge in [0.2, 0.25) is 0 Å². The van der Waals surface area contributed by atoms with E-state index in [1.807, 2.05) is 22.8 Å². The number of rotatable bonds is 2. The van der Waals surface area contributed by atoms with Gasteiger partial charge in [0.15, 0.2) is 0 Å². The lowest BCUT2D eigenvalue weighted by molar-refractivity contribution is 0.629. The predicted octanol–water partition coefficient (Wildman–Crippen LogP) is 4.56. The van der Waals surface area contributed by atoms with Crippen LogP contribution in [0.4, 0.5) is 4.39 Å². The predicted molar refractivity (Wildman–Crippen MR) is 75.6 cm³/mol. The van der Waals surface area contributed by atoms with Gasteiger partial charge in [-0.15, -0.1) is 11.6 Å². The average Bonchev–Trinajstić information content (AvgIpc) is 2.76. The van der Waals surface area contributed by atoms with Crippen LogP contribution < -0.4 is 0 Å². The van der Waals surface area contributed by atoms with Gasteiger partial charge in [-0.25, -0.2) is 9.37 Å². The fraction of sp³-hybridized carbons (Fsp3) is 0.0714. The Hall–Kier alpha value is -1.58. The van der Waals surface area contributed by atoms with Crippen LogP contribution in [0.1, 0.15) is 5.82 Å². The Balaban J connectivity index is 2.36. The van der Waals surface area contributed by atoms with E-state index in [9.17, 15) is 4.39 Å². The maximum atomic E-state index is 13.3. The highest BCUT2D eigenvalue weighted by atomic mass is 35.5. The van der Waals surface area contributed by atoms with Crippen LogP contribution in [0.3, 0.4) is 0 Å². The summed E-state index contributed by atoms with van der Waals surface area (Å²) in [7, 11) is 0. The topological polar surface area (TPSA) is 17.8 Å². The van der Waals surface area contributed by atoms with Gasteiger partial charge >= 0.3 is 0 Å². The lowest BCUT2D eigenvalue weighted by Gasteiger charge is -2.09. The summed E-state index contributed by atoms with van der Waals surface area (Å²) in [5.74, 6) is 0.537. The van der Waals surface area contributed by atoms with Crippen LogP contribution in [0.25, 0.3) is 16.7 Å². The van der Waals surface area contributed by atoms with Gasteiger partial charge in [-0.1, -0.05) is 23.7 Å². The molecule has 0 saturated carbocycles. The number of alkyl halides is 1. The highest BCUT2D eigenvalue weighted by Crippen LogP contribution is 2.27. The van der Waals surface area contributed by atoms with Gasteiger partial charge in [0.25, 0.3) is 0 Å². The SMILES string of the molecule is Fc1ccc2c(c1)nc(CCl)n2-c1ccccc1Cl. The minimum Gasteiger partial charge on any atom is -0.294 e. The van der Waals surface area contributed by atoms with Crippen molar-refractivity contribution in [3.05, 3.63) is 59.1 Å². The molecule has 0 atom stereocenters. The van der Waals surface area contributed by atoms with Crippen molar-refractivity contribution in [3.8, 4) is 5.69 Å². The Morgan fingerprint density at radius 1 is 1.16 bits per heavy atom. The van der Waals surface area contributed by atoms with Gasteiger partial charge < -0.3 is 0 Å². The summed E-state index contributed by atoms with van der Waals surface area (Å²) in [6, 6.07) is 11.9. The second kappa shape index (κ2) is 4.83. The molecule has 1 heterocycles. The van der Waals surface area contributed by atoms with Gasteiger partial charge in [0, 0.05) is 6.07 Å². The highest BCUT2D eigenvalue weighted by molar-refractivity contribution is 6.32. The summed E-state index contributed by atoms with van der Waals surface area (Å²) in [5.41, 5.74) is 2.13. The van der Waals surface area contributed by atoms with E-state index in [0.717, 1.165) is 11.2 Å². The zero-order valence-corrected chi connectivity index (χ0v) is 11.3. The van der Waals surface area contributed by atoms with E-state index in [2.05, 4.69) is 4.98 Å². The van der Waals surface area contributed by atoms with E-state index < -0.39 is 0 Å². The fourth-order valence-corrected chi connectivity index (χ4v) is 2.49. The molecule has 0 unspecified atom stereocenters. The Morgan fingerprint density at radius 3 is 2.68 bits per heavy atom. The molecule has 2 aromatic carbocycles. The second-order valence-corrected chi connectivity index (χ2v) is 4.76. The third-order valence-corrected chi connectivity index (χ3v) is 3.46. The summed E-state index contributed by atoms with van der Waals surface area (Å²) in [6.07, 6.45) is 0. The Morgan fingerprint density at radius 2 is 1.95 bits per heavy atom. The molecule has 0 bridgehead atoms. The molecule has 0 fully saturated rings. The summed E-state index contributed by atoms with van der Waals surface area (Å²) in [5, 5.41) is 0.595. The lowest BCUT2D eigenvalue weighted by atomic mass is 10.2. The molecule has 19 heavy (non-hydrogen) atoms. The zero-order chi connectivity index (χ0) is 13.4. The molecule has 0 saturated heterocycles. The van der Waals surface area contributed by atoms with E-state index >= 15 is 0 Å². The minimum absolute atomic E-state index is 0.224. The summed E-state index contributed by atoms with van der Waals surface area (Å²) in [6.45, 7) is 0. The summed E-state index contributed by atoms with van der Waals surface area (Å²) < 4.78 is 15.1. The van der Waals surface area contributed by atoms with E-state index in [1.54, 1.807) is 12.1 Å². The number of hydrogen-bond donors (Lipinski definition) is 0. The monoisotopic (exact) mass is 294 g/mol. The molecule has 0 spiro atoms. The molecule has 5 heteroatoms. The Kier molecular flexibility index (Phi) is 3.17. The Labute approximate surface area is 119 Å². The molecule has 2 nitrogen and oxygen atoms in total. The van der Waals surface area contributed by atoms with Crippen molar-refractivity contribution in [1.29, 1.82) is 0 Å². The van der Waals surface area contributed by atoms with Gasteiger partial charge in [0.1, 0.15) is 11.6 Å². The highest BCUT2D eigenvalue weighted by Gasteiger charge is 2.14. The maximum absolute atomic E-state index is 13.3. The second-order valence-electron chi connectivity index (χ2n) is 4.08. The summed E-state index contributed by atoms with van der Waals surface area (Å²) in [4.78, 5) is 4.34. The first-order valence-corrected chi connectivity index (χ1v) is 6.59. The molecule has 0 N–H and O–H groups in total. The third-order valence-electron chi connectivity index (χ3n) is 2.90. The number of imidazole rings is 1. The van der Waals surface area contributed by atoms with Crippen LogP contribution in [-0.2, 0) is 5.88 Å². The van der Waals surface area contributed by atoms with Crippen LogP contribution >= 0.6 is 23.2 Å². The van der Waals surface area contributed by atoms with Crippen molar-refractivity contribution in [1.82, 2.24) is 9.55 Å². The molecule has 0 aliphatic carbocycles. The molecule has 3 aromatic rings. The molecule has 96 valence electrons. The number of nitrogens with zero attached hydrogens (tertiary/aromatic N) is 2. The first-order chi connectivity index (χ1) is 9.20. The molecule has 0 aliphatic rings. The molecular formula is C14H9Cl2FN2. The van der Waals surface area contributed by atoms with Crippen molar-refractivity contribution in [3.63, 3.8) is 0 Å². The quantitative estimate of drug-likeness (QED) is 0.634. The van der Waals surface area contributed by atoms with E-state index in [1.165, 1.54) is 12.1 Å². The smallest absolute Gasteiger partial charge is 0.129 e. The number of halogens is 3. The van der Waals surface area contributed by atoms with E-state index in [0.29, 0.717) is 16.4 Å². The lowest BCUT2D eigenvalue weighted by Crippen LogP contribution is -1.99. The van der Waals surface area contributed by atoms with Crippen molar-refractivity contribution in [2.24, 2.45) is 0 Å². The Bertz CT molecular complexity index is 752. The van der Waals surface area contributed by atoms with Crippen molar-refractivity contribution in [2.75, 3.05) is 0 Å². The number of hydrogen-bond acceptors (Lipinski definition) is 1. The van der Waals surface area contributed by atoms with Crippen LogP contribution in [0, 0.1) is 5.82 Å². The largest absolute Gasteiger partial charge is 0.294 e. The third kappa shape index (κ3) is 2.09. The first kappa shape index (κ1) is 12.5. The van der Waals surface area contributed by atoms with Gasteiger partial charge in [0.05, 0.1) is 27.6 Å². The number of aromatic nitrogens is 2. The van der Waals surface area contributed by atoms with Crippen LogP contribution in [0.5, 0.6) is 0 Å². The number of fused-ring (bicyclic) bond motifs is 1. The van der Waals surface area contributed by atoms with Crippen molar-refractivity contribution in [2.45, 2.75) is 5.88 Å². The molecule has 0 radical (unpaired) electrons. The molecular weight excluding hydrogens is 286 g/mol. The van der Waals surface area contributed by atoms with Crippen LogP contribution in [0.15, 0.2) is 42.5 Å². The number of para-hydroxylation sites is 1. The van der Waals surface area contributed by atoms with Gasteiger partial charge in [-0.2, -0.15) is 0 Å². The van der Waals surface area contributed by atoms with Crippen molar-refractivity contribution >= 4 is 34.2 Å². The van der Waals surface area contributed by atoms with Crippen LogP contribution in [0.2, 0.25) is 5.02 Å². The van der Waals surface area contributed by atoms with E-state index in [4.69, 9.17) is 23.2 Å². The van der Waals surface area contributed by atoms with Crippen molar-refractivity contribution < 1.29 is 4.39 Å². The molecule has 3 rings (SSSR count). The average molecular weight is 295 g/mol. The molecule has 1 aromatic heterocycles. The normalized spacial score (nSPS) is 11.1. The zero-order valence-electron chi connectivity index (χ0n) is 9.78. The fourth-order valence-electron chi connectivity index (χ4n) is 2.09. The maximum Gasteiger partial charge on any atom is 0.129 e.